The van der Waals surface area contributed by atoms with Crippen LogP contribution in [-0.2, 0) is 47.3 Å². The van der Waals surface area contributed by atoms with E-state index in [0.717, 1.165) is 75.1 Å². The molecule has 0 radical (unpaired) electrons. The molecule has 4 aromatic rings. The fraction of sp³-hybridized carbons (Fsp3) is 0.667. The van der Waals surface area contributed by atoms with Crippen LogP contribution < -0.4 is 18.9 Å². The number of ether oxygens (including phenoxy) is 4. The summed E-state index contributed by atoms with van der Waals surface area (Å²) < 4.78 is 30.1. The molecule has 4 aromatic carbocycles. The lowest BCUT2D eigenvalue weighted by Crippen LogP contribution is -2.21. The summed E-state index contributed by atoms with van der Waals surface area (Å²) in [7, 11) is 0. The Morgan fingerprint density at radius 3 is 0.566 bits per heavy atom. The maximum atomic E-state index is 7.52. The summed E-state index contributed by atoms with van der Waals surface area (Å²) in [6, 6.07) is 20.3. The van der Waals surface area contributed by atoms with Crippen LogP contribution in [0.1, 0.15) is 278 Å². The Labute approximate surface area is 464 Å². The van der Waals surface area contributed by atoms with Crippen LogP contribution >= 0.6 is 0 Å². The molecule has 0 aliphatic heterocycles. The van der Waals surface area contributed by atoms with E-state index in [-0.39, 0.29) is 21.7 Å². The summed E-state index contributed by atoms with van der Waals surface area (Å²) >= 11 is 0. The summed E-state index contributed by atoms with van der Waals surface area (Å²) in [5.74, 6) is 6.66. The van der Waals surface area contributed by atoms with E-state index >= 15 is 0 Å². The molecule has 4 fully saturated rings. The van der Waals surface area contributed by atoms with Crippen LogP contribution in [0.3, 0.4) is 0 Å². The van der Waals surface area contributed by atoms with Crippen LogP contribution in [0.4, 0.5) is 0 Å². The second kappa shape index (κ2) is 24.2. The lowest BCUT2D eigenvalue weighted by atomic mass is 9.79. The summed E-state index contributed by atoms with van der Waals surface area (Å²) in [5, 5.41) is 0. The standard InChI is InChI=1S/C72H104O4/c1-69(2,3)61-37-53-33-55-39-62(70(4,5)6)41-57(66(55)74-46-50-27-19-14-20-28-50)35-59-43-64(72(10,11)12)44-60(68(59)76-48-52-31-23-16-24-32-52)36-58-42-63(71(7,8)9)40-56(67(58)75-47-51-29-21-15-22-30-51)34-54(38-61)65(53)73-45-49-25-17-13-18-26-49/h37-44,49-52H,13-36,45-48H2,1-12H3. The molecule has 8 bridgehead atoms. The molecule has 416 valence electrons. The Balaban J connectivity index is 1.34. The highest BCUT2D eigenvalue weighted by Crippen LogP contribution is 2.46. The highest BCUT2D eigenvalue weighted by Gasteiger charge is 2.31. The van der Waals surface area contributed by atoms with Gasteiger partial charge in [-0.15, -0.1) is 0 Å². The number of benzene rings is 4. The summed E-state index contributed by atoms with van der Waals surface area (Å²) in [6.45, 7) is 31.8. The van der Waals surface area contributed by atoms with Crippen molar-refractivity contribution in [3.05, 3.63) is 115 Å². The average molecular weight is 1030 g/mol. The molecule has 0 spiro atoms. The van der Waals surface area contributed by atoms with Crippen LogP contribution in [0.5, 0.6) is 23.0 Å². The zero-order valence-corrected chi connectivity index (χ0v) is 50.4. The van der Waals surface area contributed by atoms with Gasteiger partial charge in [0.15, 0.2) is 0 Å². The molecule has 0 amide bonds. The molecule has 5 aliphatic carbocycles. The largest absolute Gasteiger partial charge is 0.493 e. The van der Waals surface area contributed by atoms with Gasteiger partial charge in [-0.3, -0.25) is 0 Å². The van der Waals surface area contributed by atoms with E-state index in [4.69, 9.17) is 18.9 Å². The van der Waals surface area contributed by atoms with E-state index in [9.17, 15) is 0 Å². The van der Waals surface area contributed by atoms with Crippen LogP contribution in [0, 0.1) is 23.7 Å². The number of fused-ring (bicyclic) bond motifs is 8. The van der Waals surface area contributed by atoms with E-state index in [1.165, 1.54) is 195 Å². The van der Waals surface area contributed by atoms with Gasteiger partial charge < -0.3 is 18.9 Å². The van der Waals surface area contributed by atoms with Crippen molar-refractivity contribution in [2.45, 2.75) is 259 Å². The molecule has 0 N–H and O–H groups in total. The van der Waals surface area contributed by atoms with Gasteiger partial charge in [-0.1, -0.05) is 209 Å². The molecule has 0 aromatic heterocycles. The first-order valence-corrected chi connectivity index (χ1v) is 31.3. The van der Waals surface area contributed by atoms with Crippen LogP contribution in [0.15, 0.2) is 48.5 Å². The Bertz CT molecular complexity index is 2110. The number of hydrogen-bond acceptors (Lipinski definition) is 4. The van der Waals surface area contributed by atoms with Crippen molar-refractivity contribution in [3.8, 4) is 23.0 Å². The monoisotopic (exact) mass is 1030 g/mol. The lowest BCUT2D eigenvalue weighted by Gasteiger charge is -2.31. The zero-order valence-electron chi connectivity index (χ0n) is 50.4. The second-order valence-electron chi connectivity index (χ2n) is 29.5. The molecule has 0 atom stereocenters. The van der Waals surface area contributed by atoms with E-state index in [1.807, 2.05) is 0 Å². The van der Waals surface area contributed by atoms with Crippen molar-refractivity contribution in [1.82, 2.24) is 0 Å². The van der Waals surface area contributed by atoms with Gasteiger partial charge in [0.2, 0.25) is 0 Å². The smallest absolute Gasteiger partial charge is 0.126 e. The Hall–Kier alpha value is -3.92. The lowest BCUT2D eigenvalue weighted by molar-refractivity contribution is 0.203. The summed E-state index contributed by atoms with van der Waals surface area (Å²) in [6.07, 6.45) is 28.8. The van der Waals surface area contributed by atoms with Gasteiger partial charge in [-0.2, -0.15) is 0 Å². The SMILES string of the molecule is CC(C)(C)c1cc2c(OCC3CCCCC3)c(c1)Cc1cc(C(C)(C)C)cc(c1OCC1CCCCC1)Cc1cc(C(C)(C)C)cc(c1OCC1CCCCC1)Cc1cc(C(C)(C)C)cc(c1OCC1CCCCC1)C2. The second-order valence-corrected chi connectivity index (χ2v) is 29.5. The number of hydrogen-bond donors (Lipinski definition) is 0. The predicted molar refractivity (Wildman–Crippen MR) is 320 cm³/mol. The highest BCUT2D eigenvalue weighted by atomic mass is 16.5. The maximum Gasteiger partial charge on any atom is 0.126 e. The molecule has 0 heterocycles. The van der Waals surface area contributed by atoms with Gasteiger partial charge in [0.1, 0.15) is 23.0 Å². The van der Waals surface area contributed by atoms with Gasteiger partial charge >= 0.3 is 0 Å². The molecule has 0 saturated heterocycles. The molecule has 4 heteroatoms. The van der Waals surface area contributed by atoms with Crippen molar-refractivity contribution in [1.29, 1.82) is 0 Å². The Morgan fingerprint density at radius 2 is 0.421 bits per heavy atom. The van der Waals surface area contributed by atoms with Gasteiger partial charge in [-0.25, -0.2) is 0 Å². The van der Waals surface area contributed by atoms with Gasteiger partial charge in [0.05, 0.1) is 26.4 Å². The third-order valence-electron chi connectivity index (χ3n) is 18.7. The van der Waals surface area contributed by atoms with E-state index < -0.39 is 0 Å². The van der Waals surface area contributed by atoms with Crippen LogP contribution in [0.2, 0.25) is 0 Å². The zero-order chi connectivity index (χ0) is 53.8. The van der Waals surface area contributed by atoms with Crippen molar-refractivity contribution in [2.24, 2.45) is 23.7 Å². The molecule has 5 aliphatic rings. The van der Waals surface area contributed by atoms with Crippen molar-refractivity contribution < 1.29 is 18.9 Å². The van der Waals surface area contributed by atoms with E-state index in [1.54, 1.807) is 0 Å². The van der Waals surface area contributed by atoms with Crippen molar-refractivity contribution in [2.75, 3.05) is 26.4 Å². The van der Waals surface area contributed by atoms with Crippen LogP contribution in [-0.4, -0.2) is 26.4 Å². The third kappa shape index (κ3) is 14.5. The predicted octanol–water partition coefficient (Wildman–Crippen LogP) is 19.4. The first kappa shape index (κ1) is 56.8. The first-order chi connectivity index (χ1) is 36.2. The van der Waals surface area contributed by atoms with Crippen molar-refractivity contribution in [3.63, 3.8) is 0 Å². The van der Waals surface area contributed by atoms with Gasteiger partial charge in [-0.05, 0) is 163 Å². The Kier molecular flexibility index (Phi) is 18.1. The summed E-state index contributed by atoms with van der Waals surface area (Å²) in [4.78, 5) is 0. The van der Waals surface area contributed by atoms with Crippen LogP contribution in [0.25, 0.3) is 0 Å². The normalized spacial score (nSPS) is 19.1. The minimum absolute atomic E-state index is 0.0782. The third-order valence-corrected chi connectivity index (χ3v) is 18.7. The van der Waals surface area contributed by atoms with E-state index in [2.05, 4.69) is 132 Å². The molecular weight excluding hydrogens is 929 g/mol. The minimum Gasteiger partial charge on any atom is -0.493 e. The van der Waals surface area contributed by atoms with E-state index in [0.29, 0.717) is 23.7 Å². The quantitative estimate of drug-likeness (QED) is 0.125. The minimum atomic E-state index is -0.0782. The summed E-state index contributed by atoms with van der Waals surface area (Å²) in [5.41, 5.74) is 15.4. The fourth-order valence-corrected chi connectivity index (χ4v) is 13.6. The number of rotatable bonds is 12. The van der Waals surface area contributed by atoms with Crippen molar-refractivity contribution >= 4 is 0 Å². The molecule has 9 rings (SSSR count). The molecule has 76 heavy (non-hydrogen) atoms. The molecular formula is C72H104O4. The molecule has 4 saturated carbocycles. The highest BCUT2D eigenvalue weighted by molar-refractivity contribution is 5.60. The van der Waals surface area contributed by atoms with Gasteiger partial charge in [0.25, 0.3) is 0 Å². The topological polar surface area (TPSA) is 36.9 Å². The fourth-order valence-electron chi connectivity index (χ4n) is 13.6. The Morgan fingerprint density at radius 1 is 0.263 bits per heavy atom. The maximum absolute atomic E-state index is 7.52. The molecule has 0 unspecified atom stereocenters. The van der Waals surface area contributed by atoms with Gasteiger partial charge in [0, 0.05) is 25.7 Å². The molecule has 4 nitrogen and oxygen atoms in total. The first-order valence-electron chi connectivity index (χ1n) is 31.3. The average Bonchev–Trinajstić information content (AvgIpc) is 3.41.